The van der Waals surface area contributed by atoms with Crippen LogP contribution in [0.15, 0.2) is 38.3 Å². The third kappa shape index (κ3) is 2.68. The highest BCUT2D eigenvalue weighted by atomic mass is 79.9. The number of rotatable bonds is 3. The fraction of sp³-hybridized carbons (Fsp3) is 0.333. The molecule has 3 rings (SSSR count). The van der Waals surface area contributed by atoms with Gasteiger partial charge in [0.15, 0.2) is 0 Å². The Hall–Kier alpha value is -1.82. The lowest BCUT2D eigenvalue weighted by Crippen LogP contribution is -2.32. The van der Waals surface area contributed by atoms with Gasteiger partial charge < -0.3 is 5.11 Å². The van der Waals surface area contributed by atoms with Gasteiger partial charge in [0.25, 0.3) is 5.56 Å². The molecule has 0 amide bonds. The van der Waals surface area contributed by atoms with E-state index in [9.17, 15) is 14.7 Å². The summed E-state index contributed by atoms with van der Waals surface area (Å²) in [5, 5.41) is 10.4. The zero-order chi connectivity index (χ0) is 15.2. The molecule has 1 aliphatic carbocycles. The molecule has 110 valence electrons. The molecule has 1 heterocycles. The van der Waals surface area contributed by atoms with E-state index in [4.69, 9.17) is 0 Å². The molecular formula is C15H15BrN2O3. The number of aromatic hydroxyl groups is 1. The van der Waals surface area contributed by atoms with E-state index in [1.807, 2.05) is 6.07 Å². The Labute approximate surface area is 129 Å². The van der Waals surface area contributed by atoms with Crippen molar-refractivity contribution in [2.24, 2.45) is 5.41 Å². The van der Waals surface area contributed by atoms with E-state index in [-0.39, 0.29) is 16.9 Å². The largest absolute Gasteiger partial charge is 0.494 e. The van der Waals surface area contributed by atoms with Crippen LogP contribution >= 0.6 is 15.9 Å². The van der Waals surface area contributed by atoms with Crippen LogP contribution in [0, 0.1) is 5.41 Å². The highest BCUT2D eigenvalue weighted by molar-refractivity contribution is 9.10. The Morgan fingerprint density at radius 3 is 2.71 bits per heavy atom. The van der Waals surface area contributed by atoms with E-state index >= 15 is 0 Å². The van der Waals surface area contributed by atoms with E-state index in [2.05, 4.69) is 27.8 Å². The smallest absolute Gasteiger partial charge is 0.331 e. The van der Waals surface area contributed by atoms with E-state index in [1.54, 1.807) is 18.2 Å². The Kier molecular flexibility index (Phi) is 3.28. The molecule has 0 saturated heterocycles. The summed E-state index contributed by atoms with van der Waals surface area (Å²) in [5.74, 6) is -0.269. The summed E-state index contributed by atoms with van der Waals surface area (Å²) >= 11 is 3.34. The molecule has 0 aliphatic heterocycles. The summed E-state index contributed by atoms with van der Waals surface area (Å²) in [4.78, 5) is 26.3. The standard InChI is InChI=1S/C15H15BrN2O3/c1-15(5-6-15)8-18-13(20)11(12(19)17-14(18)21)9-3-2-4-10(16)7-9/h2-4,7,20H,5-6,8H2,1H3,(H,17,19,21). The zero-order valence-electron chi connectivity index (χ0n) is 11.5. The van der Waals surface area contributed by atoms with Crippen molar-refractivity contribution in [1.29, 1.82) is 0 Å². The summed E-state index contributed by atoms with van der Waals surface area (Å²) < 4.78 is 2.05. The molecule has 1 saturated carbocycles. The molecule has 1 aliphatic rings. The van der Waals surface area contributed by atoms with Gasteiger partial charge >= 0.3 is 5.69 Å². The lowest BCUT2D eigenvalue weighted by Gasteiger charge is -2.15. The summed E-state index contributed by atoms with van der Waals surface area (Å²) in [5.41, 5.74) is -0.413. The van der Waals surface area contributed by atoms with Gasteiger partial charge in [0.1, 0.15) is 5.56 Å². The van der Waals surface area contributed by atoms with Crippen LogP contribution in [0.1, 0.15) is 19.8 Å². The lowest BCUT2D eigenvalue weighted by atomic mass is 10.1. The summed E-state index contributed by atoms with van der Waals surface area (Å²) in [6.07, 6.45) is 2.04. The van der Waals surface area contributed by atoms with Crippen LogP contribution in [-0.2, 0) is 6.54 Å². The van der Waals surface area contributed by atoms with Crippen molar-refractivity contribution < 1.29 is 5.11 Å². The van der Waals surface area contributed by atoms with Gasteiger partial charge in [-0.15, -0.1) is 0 Å². The predicted octanol–water partition coefficient (Wildman–Crippen LogP) is 2.47. The highest BCUT2D eigenvalue weighted by Crippen LogP contribution is 2.46. The number of aromatic nitrogens is 2. The number of H-pyrrole nitrogens is 1. The third-order valence-corrected chi connectivity index (χ3v) is 4.42. The van der Waals surface area contributed by atoms with E-state index < -0.39 is 11.2 Å². The number of benzene rings is 1. The Bertz CT molecular complexity index is 818. The number of aromatic amines is 1. The van der Waals surface area contributed by atoms with Crippen LogP contribution in [0.25, 0.3) is 11.1 Å². The molecule has 0 bridgehead atoms. The first kappa shape index (κ1) is 14.1. The minimum absolute atomic E-state index is 0.0358. The first-order valence-corrected chi connectivity index (χ1v) is 7.51. The molecule has 2 aromatic rings. The van der Waals surface area contributed by atoms with Gasteiger partial charge in [0.2, 0.25) is 5.88 Å². The molecule has 6 heteroatoms. The number of halogens is 1. The number of hydrogen-bond donors (Lipinski definition) is 2. The fourth-order valence-corrected chi connectivity index (χ4v) is 2.76. The van der Waals surface area contributed by atoms with Crippen LogP contribution in [0.5, 0.6) is 5.88 Å². The molecular weight excluding hydrogens is 336 g/mol. The van der Waals surface area contributed by atoms with Gasteiger partial charge in [-0.1, -0.05) is 35.0 Å². The van der Waals surface area contributed by atoms with Crippen molar-refractivity contribution >= 4 is 15.9 Å². The van der Waals surface area contributed by atoms with Crippen molar-refractivity contribution in [2.45, 2.75) is 26.3 Å². The van der Waals surface area contributed by atoms with E-state index in [0.717, 1.165) is 17.3 Å². The van der Waals surface area contributed by atoms with Crippen molar-refractivity contribution in [1.82, 2.24) is 9.55 Å². The molecule has 1 aromatic heterocycles. The molecule has 2 N–H and O–H groups in total. The number of nitrogens with zero attached hydrogens (tertiary/aromatic N) is 1. The van der Waals surface area contributed by atoms with Crippen LogP contribution in [-0.4, -0.2) is 14.7 Å². The first-order chi connectivity index (χ1) is 9.89. The van der Waals surface area contributed by atoms with Gasteiger partial charge in [-0.3, -0.25) is 14.3 Å². The van der Waals surface area contributed by atoms with Crippen molar-refractivity contribution in [3.05, 3.63) is 49.6 Å². The second kappa shape index (κ2) is 4.87. The molecule has 0 unspecified atom stereocenters. The Morgan fingerprint density at radius 2 is 2.10 bits per heavy atom. The molecule has 0 spiro atoms. The van der Waals surface area contributed by atoms with Crippen LogP contribution in [0.2, 0.25) is 0 Å². The quantitative estimate of drug-likeness (QED) is 0.892. The first-order valence-electron chi connectivity index (χ1n) is 6.72. The van der Waals surface area contributed by atoms with Crippen molar-refractivity contribution in [2.75, 3.05) is 0 Å². The fourth-order valence-electron chi connectivity index (χ4n) is 2.36. The van der Waals surface area contributed by atoms with Crippen LogP contribution in [0.3, 0.4) is 0 Å². The van der Waals surface area contributed by atoms with Crippen LogP contribution in [0.4, 0.5) is 0 Å². The number of nitrogens with one attached hydrogen (secondary N) is 1. The van der Waals surface area contributed by atoms with E-state index in [1.165, 1.54) is 4.57 Å². The molecule has 21 heavy (non-hydrogen) atoms. The van der Waals surface area contributed by atoms with Gasteiger partial charge in [0.05, 0.1) is 0 Å². The Balaban J connectivity index is 2.19. The minimum atomic E-state index is -0.576. The molecule has 1 aromatic carbocycles. The molecule has 5 nitrogen and oxygen atoms in total. The van der Waals surface area contributed by atoms with Crippen molar-refractivity contribution in [3.63, 3.8) is 0 Å². The molecule has 1 fully saturated rings. The average molecular weight is 351 g/mol. The molecule has 0 atom stereocenters. The predicted molar refractivity (Wildman–Crippen MR) is 83.5 cm³/mol. The second-order valence-corrected chi connectivity index (χ2v) is 6.78. The minimum Gasteiger partial charge on any atom is -0.494 e. The maximum Gasteiger partial charge on any atom is 0.331 e. The van der Waals surface area contributed by atoms with E-state index in [0.29, 0.717) is 12.1 Å². The highest BCUT2D eigenvalue weighted by Gasteiger charge is 2.38. The molecule has 0 radical (unpaired) electrons. The SMILES string of the molecule is CC1(Cn2c(O)c(-c3cccc(Br)c3)c(=O)[nH]c2=O)CC1. The maximum absolute atomic E-state index is 12.1. The Morgan fingerprint density at radius 1 is 1.38 bits per heavy atom. The summed E-state index contributed by atoms with van der Waals surface area (Å²) in [7, 11) is 0. The van der Waals surface area contributed by atoms with Gasteiger partial charge in [-0.25, -0.2) is 4.79 Å². The topological polar surface area (TPSA) is 75.1 Å². The normalized spacial score (nSPS) is 15.9. The zero-order valence-corrected chi connectivity index (χ0v) is 13.1. The maximum atomic E-state index is 12.1. The average Bonchev–Trinajstić information content (AvgIpc) is 3.13. The van der Waals surface area contributed by atoms with Gasteiger partial charge in [-0.05, 0) is 36.0 Å². The summed E-state index contributed by atoms with van der Waals surface area (Å²) in [6.45, 7) is 2.47. The van der Waals surface area contributed by atoms with Crippen LogP contribution < -0.4 is 11.2 Å². The van der Waals surface area contributed by atoms with Crippen molar-refractivity contribution in [3.8, 4) is 17.0 Å². The lowest BCUT2D eigenvalue weighted by molar-refractivity contribution is 0.361. The third-order valence-electron chi connectivity index (χ3n) is 3.93. The second-order valence-electron chi connectivity index (χ2n) is 5.87. The van der Waals surface area contributed by atoms with Gasteiger partial charge in [-0.2, -0.15) is 0 Å². The number of hydrogen-bond acceptors (Lipinski definition) is 3. The van der Waals surface area contributed by atoms with Gasteiger partial charge in [0, 0.05) is 11.0 Å². The summed E-state index contributed by atoms with van der Waals surface area (Å²) in [6, 6.07) is 7.06. The monoisotopic (exact) mass is 350 g/mol.